The first-order valence-corrected chi connectivity index (χ1v) is 12.8. The fraction of sp³-hybridized carbons (Fsp3) is 0.273. The fourth-order valence-corrected chi connectivity index (χ4v) is 5.23. The SMILES string of the molecule is Cc1ccc(S(=O)(=O)NCCc2nnc(NC(=O)C3CC(=O)N(c4ccc(F)cc4)C3)s2)cc1. The Morgan fingerprint density at radius 1 is 1.15 bits per heavy atom. The standard InChI is InChI=1S/C22H22FN5O4S2/c1-14-2-8-18(9-3-14)34(31,32)24-11-10-19-26-27-22(33-19)25-21(30)15-12-20(29)28(13-15)17-6-4-16(23)5-7-17/h2-9,15,24H,10-13H2,1H3,(H,25,27,30). The second-order valence-corrected chi connectivity index (χ2v) is 10.7. The lowest BCUT2D eigenvalue weighted by atomic mass is 10.1. The van der Waals surface area contributed by atoms with E-state index in [-0.39, 0.29) is 41.4 Å². The van der Waals surface area contributed by atoms with Gasteiger partial charge in [0.2, 0.25) is 27.0 Å². The molecule has 0 aliphatic carbocycles. The molecule has 1 fully saturated rings. The summed E-state index contributed by atoms with van der Waals surface area (Å²) < 4.78 is 40.4. The zero-order valence-corrected chi connectivity index (χ0v) is 19.8. The Balaban J connectivity index is 1.29. The molecule has 3 aromatic rings. The lowest BCUT2D eigenvalue weighted by Crippen LogP contribution is -2.28. The van der Waals surface area contributed by atoms with E-state index in [1.807, 2.05) is 6.92 Å². The van der Waals surface area contributed by atoms with Crippen molar-refractivity contribution in [2.75, 3.05) is 23.3 Å². The van der Waals surface area contributed by atoms with E-state index in [1.54, 1.807) is 24.3 Å². The summed E-state index contributed by atoms with van der Waals surface area (Å²) in [7, 11) is -3.63. The van der Waals surface area contributed by atoms with Gasteiger partial charge in [0.1, 0.15) is 10.8 Å². The van der Waals surface area contributed by atoms with Crippen LogP contribution in [0.15, 0.2) is 53.4 Å². The number of nitrogens with zero attached hydrogens (tertiary/aromatic N) is 3. The van der Waals surface area contributed by atoms with Gasteiger partial charge in [-0.05, 0) is 43.3 Å². The van der Waals surface area contributed by atoms with Gasteiger partial charge in [-0.15, -0.1) is 10.2 Å². The van der Waals surface area contributed by atoms with Crippen LogP contribution >= 0.6 is 11.3 Å². The van der Waals surface area contributed by atoms with Crippen LogP contribution in [0.2, 0.25) is 0 Å². The summed E-state index contributed by atoms with van der Waals surface area (Å²) in [6.45, 7) is 2.19. The van der Waals surface area contributed by atoms with Crippen molar-refractivity contribution in [3.8, 4) is 0 Å². The summed E-state index contributed by atoms with van der Waals surface area (Å²) in [5.41, 5.74) is 1.50. The average Bonchev–Trinajstić information content (AvgIpc) is 3.41. The number of anilines is 2. The van der Waals surface area contributed by atoms with Crippen LogP contribution < -0.4 is 14.9 Å². The van der Waals surface area contributed by atoms with E-state index in [9.17, 15) is 22.4 Å². The number of aromatic nitrogens is 2. The average molecular weight is 504 g/mol. The van der Waals surface area contributed by atoms with Crippen LogP contribution in [0.25, 0.3) is 0 Å². The first-order chi connectivity index (χ1) is 16.2. The van der Waals surface area contributed by atoms with Crippen LogP contribution in [-0.4, -0.2) is 43.5 Å². The molecule has 178 valence electrons. The van der Waals surface area contributed by atoms with E-state index in [4.69, 9.17) is 0 Å². The second-order valence-electron chi connectivity index (χ2n) is 7.83. The fourth-order valence-electron chi connectivity index (χ4n) is 3.46. The predicted octanol–water partition coefficient (Wildman–Crippen LogP) is 2.50. The topological polar surface area (TPSA) is 121 Å². The van der Waals surface area contributed by atoms with Gasteiger partial charge in [0, 0.05) is 31.6 Å². The van der Waals surface area contributed by atoms with E-state index >= 15 is 0 Å². The van der Waals surface area contributed by atoms with Crippen molar-refractivity contribution in [1.82, 2.24) is 14.9 Å². The summed E-state index contributed by atoms with van der Waals surface area (Å²) in [5.74, 6) is -1.56. The van der Waals surface area contributed by atoms with Gasteiger partial charge in [0.15, 0.2) is 0 Å². The molecule has 34 heavy (non-hydrogen) atoms. The molecule has 9 nitrogen and oxygen atoms in total. The third-order valence-electron chi connectivity index (χ3n) is 5.29. The van der Waals surface area contributed by atoms with Crippen LogP contribution in [0, 0.1) is 18.7 Å². The predicted molar refractivity (Wildman–Crippen MR) is 125 cm³/mol. The van der Waals surface area contributed by atoms with Gasteiger partial charge >= 0.3 is 0 Å². The Morgan fingerprint density at radius 2 is 1.85 bits per heavy atom. The summed E-state index contributed by atoms with van der Waals surface area (Å²) in [6, 6.07) is 12.1. The number of carbonyl (C=O) groups excluding carboxylic acids is 2. The number of amides is 2. The van der Waals surface area contributed by atoms with E-state index in [2.05, 4.69) is 20.2 Å². The normalized spacial score (nSPS) is 16.1. The van der Waals surface area contributed by atoms with Crippen molar-refractivity contribution in [3.05, 3.63) is 64.9 Å². The largest absolute Gasteiger partial charge is 0.312 e. The molecule has 1 aromatic heterocycles. The van der Waals surface area contributed by atoms with Crippen molar-refractivity contribution < 1.29 is 22.4 Å². The lowest BCUT2D eigenvalue weighted by molar-refractivity contribution is -0.122. The third kappa shape index (κ3) is 5.64. The van der Waals surface area contributed by atoms with E-state index in [0.717, 1.165) is 16.9 Å². The number of benzene rings is 2. The first kappa shape index (κ1) is 23.9. The van der Waals surface area contributed by atoms with Gasteiger partial charge in [-0.25, -0.2) is 17.5 Å². The number of hydrogen-bond donors (Lipinski definition) is 2. The molecule has 2 heterocycles. The molecular weight excluding hydrogens is 481 g/mol. The van der Waals surface area contributed by atoms with Crippen molar-refractivity contribution in [1.29, 1.82) is 0 Å². The van der Waals surface area contributed by atoms with Gasteiger partial charge in [0.25, 0.3) is 0 Å². The first-order valence-electron chi connectivity index (χ1n) is 10.5. The third-order valence-corrected chi connectivity index (χ3v) is 7.67. The molecule has 0 saturated carbocycles. The monoisotopic (exact) mass is 503 g/mol. The second kappa shape index (κ2) is 9.95. The minimum atomic E-state index is -3.63. The van der Waals surface area contributed by atoms with Crippen LogP contribution in [0.3, 0.4) is 0 Å². The Kier molecular flexibility index (Phi) is 7.00. The quantitative estimate of drug-likeness (QED) is 0.487. The molecule has 2 aromatic carbocycles. The zero-order chi connectivity index (χ0) is 24.3. The number of carbonyl (C=O) groups is 2. The Labute approximate surface area is 200 Å². The highest BCUT2D eigenvalue weighted by atomic mass is 32.2. The van der Waals surface area contributed by atoms with Crippen LogP contribution in [0.4, 0.5) is 15.2 Å². The molecule has 2 amide bonds. The van der Waals surface area contributed by atoms with Crippen LogP contribution in [0.5, 0.6) is 0 Å². The minimum Gasteiger partial charge on any atom is -0.312 e. The van der Waals surface area contributed by atoms with Gasteiger partial charge in [-0.2, -0.15) is 0 Å². The van der Waals surface area contributed by atoms with E-state index in [1.165, 1.54) is 29.2 Å². The molecule has 0 bridgehead atoms. The molecule has 1 saturated heterocycles. The van der Waals surface area contributed by atoms with Crippen LogP contribution in [-0.2, 0) is 26.0 Å². The highest BCUT2D eigenvalue weighted by Gasteiger charge is 2.35. The van der Waals surface area contributed by atoms with Crippen molar-refractivity contribution in [3.63, 3.8) is 0 Å². The molecule has 12 heteroatoms. The number of rotatable bonds is 8. The number of aryl methyl sites for hydroxylation is 1. The smallest absolute Gasteiger partial charge is 0.240 e. The molecular formula is C22H22FN5O4S2. The highest BCUT2D eigenvalue weighted by Crippen LogP contribution is 2.27. The molecule has 1 atom stereocenters. The van der Waals surface area contributed by atoms with E-state index in [0.29, 0.717) is 17.1 Å². The Bertz CT molecular complexity index is 1290. The number of halogens is 1. The molecule has 1 aliphatic rings. The maximum Gasteiger partial charge on any atom is 0.240 e. The molecule has 1 unspecified atom stereocenters. The number of sulfonamides is 1. The molecule has 2 N–H and O–H groups in total. The maximum atomic E-state index is 13.1. The van der Waals surface area contributed by atoms with Gasteiger partial charge < -0.3 is 10.2 Å². The Morgan fingerprint density at radius 3 is 2.56 bits per heavy atom. The highest BCUT2D eigenvalue weighted by molar-refractivity contribution is 7.89. The summed E-state index contributed by atoms with van der Waals surface area (Å²) in [6.07, 6.45) is 0.342. The zero-order valence-electron chi connectivity index (χ0n) is 18.2. The van der Waals surface area contributed by atoms with Crippen molar-refractivity contribution in [2.24, 2.45) is 5.92 Å². The lowest BCUT2D eigenvalue weighted by Gasteiger charge is -2.16. The molecule has 1 aliphatic heterocycles. The molecule has 0 spiro atoms. The summed E-state index contributed by atoms with van der Waals surface area (Å²) in [4.78, 5) is 26.6. The van der Waals surface area contributed by atoms with Crippen molar-refractivity contribution in [2.45, 2.75) is 24.7 Å². The summed E-state index contributed by atoms with van der Waals surface area (Å²) >= 11 is 1.14. The summed E-state index contributed by atoms with van der Waals surface area (Å²) in [5, 5.41) is 11.4. The number of nitrogens with one attached hydrogen (secondary N) is 2. The maximum absolute atomic E-state index is 13.1. The molecule has 0 radical (unpaired) electrons. The van der Waals surface area contributed by atoms with Gasteiger partial charge in [-0.3, -0.25) is 9.59 Å². The van der Waals surface area contributed by atoms with Crippen molar-refractivity contribution >= 4 is 44.0 Å². The van der Waals surface area contributed by atoms with Gasteiger partial charge in [0.05, 0.1) is 10.8 Å². The Hall–Kier alpha value is -3.22. The van der Waals surface area contributed by atoms with Gasteiger partial charge in [-0.1, -0.05) is 29.0 Å². The number of hydrogen-bond acceptors (Lipinski definition) is 7. The van der Waals surface area contributed by atoms with Crippen LogP contribution in [0.1, 0.15) is 17.0 Å². The van der Waals surface area contributed by atoms with E-state index < -0.39 is 21.8 Å². The molecule has 4 rings (SSSR count). The minimum absolute atomic E-state index is 0.0374.